The molecule has 2 rings (SSSR count). The van der Waals surface area contributed by atoms with Crippen molar-refractivity contribution in [3.8, 4) is 11.3 Å². The lowest BCUT2D eigenvalue weighted by molar-refractivity contribution is 1.12. The van der Waals surface area contributed by atoms with E-state index in [0.29, 0.717) is 0 Å². The van der Waals surface area contributed by atoms with Crippen LogP contribution in [0.2, 0.25) is 0 Å². The molecule has 0 spiro atoms. The first-order valence-corrected chi connectivity index (χ1v) is 6.61. The van der Waals surface area contributed by atoms with Gasteiger partial charge in [0.25, 0.3) is 0 Å². The first kappa shape index (κ1) is 16.3. The van der Waals surface area contributed by atoms with Crippen molar-refractivity contribution in [3.05, 3.63) is 47.9 Å². The topological polar surface area (TPSA) is 25.8 Å². The molecule has 1 aromatic heterocycles. The van der Waals surface area contributed by atoms with Gasteiger partial charge in [-0.25, -0.2) is 4.98 Å². The van der Waals surface area contributed by atoms with Crippen molar-refractivity contribution >= 4 is 0 Å². The van der Waals surface area contributed by atoms with Crippen LogP contribution in [0.3, 0.4) is 0 Å². The summed E-state index contributed by atoms with van der Waals surface area (Å²) in [6.45, 7) is 12.0. The van der Waals surface area contributed by atoms with Gasteiger partial charge in [0, 0.05) is 11.8 Å². The van der Waals surface area contributed by atoms with Crippen LogP contribution in [0.15, 0.2) is 36.7 Å². The molecule has 0 unspecified atom stereocenters. The van der Waals surface area contributed by atoms with Crippen molar-refractivity contribution < 1.29 is 0 Å². The molecule has 0 bridgehead atoms. The molecule has 0 atom stereocenters. The van der Waals surface area contributed by atoms with Gasteiger partial charge in [0.1, 0.15) is 0 Å². The van der Waals surface area contributed by atoms with Crippen LogP contribution >= 0.6 is 0 Å². The van der Waals surface area contributed by atoms with Gasteiger partial charge in [-0.2, -0.15) is 0 Å². The summed E-state index contributed by atoms with van der Waals surface area (Å²) >= 11 is 0. The fourth-order valence-electron chi connectivity index (χ4n) is 1.33. The average Bonchev–Trinajstić information content (AvgIpc) is 2.44. The zero-order valence-electron chi connectivity index (χ0n) is 12.4. The van der Waals surface area contributed by atoms with Gasteiger partial charge in [-0.3, -0.25) is 4.98 Å². The second-order valence-electron chi connectivity index (χ2n) is 3.41. The van der Waals surface area contributed by atoms with Crippen molar-refractivity contribution in [1.29, 1.82) is 0 Å². The van der Waals surface area contributed by atoms with Gasteiger partial charge in [0.05, 0.1) is 17.6 Å². The molecule has 0 aliphatic heterocycles. The molecule has 18 heavy (non-hydrogen) atoms. The van der Waals surface area contributed by atoms with Crippen LogP contribution < -0.4 is 0 Å². The monoisotopic (exact) mass is 244 g/mol. The van der Waals surface area contributed by atoms with Crippen LogP contribution in [0.4, 0.5) is 0 Å². The molecule has 2 heteroatoms. The van der Waals surface area contributed by atoms with E-state index in [2.05, 4.69) is 41.2 Å². The predicted octanol–water partition coefficient (Wildman–Crippen LogP) is 4.81. The fourth-order valence-corrected chi connectivity index (χ4v) is 1.33. The van der Waals surface area contributed by atoms with Gasteiger partial charge < -0.3 is 0 Å². The highest BCUT2D eigenvalue weighted by Gasteiger charge is 1.98. The van der Waals surface area contributed by atoms with Gasteiger partial charge in [-0.1, -0.05) is 57.5 Å². The number of rotatable bonds is 1. The third kappa shape index (κ3) is 5.09. The van der Waals surface area contributed by atoms with E-state index in [9.17, 15) is 0 Å². The highest BCUT2D eigenvalue weighted by Crippen LogP contribution is 2.16. The van der Waals surface area contributed by atoms with Crippen molar-refractivity contribution in [2.24, 2.45) is 0 Å². The maximum absolute atomic E-state index is 4.41. The lowest BCUT2D eigenvalue weighted by Crippen LogP contribution is -1.88. The van der Waals surface area contributed by atoms with E-state index in [4.69, 9.17) is 0 Å². The Morgan fingerprint density at radius 2 is 1.33 bits per heavy atom. The lowest BCUT2D eigenvalue weighted by Gasteiger charge is -2.01. The summed E-state index contributed by atoms with van der Waals surface area (Å²) in [5, 5.41) is 0. The molecule has 0 saturated carbocycles. The Morgan fingerprint density at radius 1 is 0.778 bits per heavy atom. The Labute approximate surface area is 111 Å². The number of aryl methyl sites for hydroxylation is 2. The number of hydrogen-bond donors (Lipinski definition) is 0. The molecule has 0 N–H and O–H groups in total. The largest absolute Gasteiger partial charge is 0.261 e. The highest BCUT2D eigenvalue weighted by atomic mass is 14.8. The van der Waals surface area contributed by atoms with E-state index in [-0.39, 0.29) is 0 Å². The minimum absolute atomic E-state index is 0.935. The summed E-state index contributed by atoms with van der Waals surface area (Å²) in [6.07, 6.45) is 3.55. The quantitative estimate of drug-likeness (QED) is 0.719. The summed E-state index contributed by atoms with van der Waals surface area (Å²) in [4.78, 5) is 8.53. The van der Waals surface area contributed by atoms with Gasteiger partial charge in [-0.05, 0) is 13.8 Å². The predicted molar refractivity (Wildman–Crippen MR) is 79.6 cm³/mol. The molecule has 98 valence electrons. The molecule has 0 fully saturated rings. The first-order chi connectivity index (χ1) is 8.75. The second kappa shape index (κ2) is 9.34. The van der Waals surface area contributed by atoms with E-state index in [1.54, 1.807) is 12.4 Å². The second-order valence-corrected chi connectivity index (χ2v) is 3.41. The van der Waals surface area contributed by atoms with E-state index < -0.39 is 0 Å². The van der Waals surface area contributed by atoms with Crippen molar-refractivity contribution in [1.82, 2.24) is 9.97 Å². The van der Waals surface area contributed by atoms with Crippen molar-refractivity contribution in [2.75, 3.05) is 0 Å². The van der Waals surface area contributed by atoms with Crippen LogP contribution in [-0.4, -0.2) is 9.97 Å². The standard InChI is InChI=1S/C12H12N2.2C2H6/c1-9-3-5-11(6-4-9)12-8-13-7-10(2)14-12;2*1-2/h3-8H,1-2H3;2*1-2H3. The molecule has 0 amide bonds. The SMILES string of the molecule is CC.CC.Cc1ccc(-c2cncc(C)n2)cc1. The lowest BCUT2D eigenvalue weighted by atomic mass is 10.1. The van der Waals surface area contributed by atoms with E-state index in [1.807, 2.05) is 34.6 Å². The first-order valence-electron chi connectivity index (χ1n) is 6.61. The highest BCUT2D eigenvalue weighted by molar-refractivity contribution is 5.58. The average molecular weight is 244 g/mol. The molecule has 2 nitrogen and oxygen atoms in total. The van der Waals surface area contributed by atoms with Gasteiger partial charge in [-0.15, -0.1) is 0 Å². The van der Waals surface area contributed by atoms with Crippen LogP contribution in [0, 0.1) is 13.8 Å². The Hall–Kier alpha value is -1.70. The number of aromatic nitrogens is 2. The summed E-state index contributed by atoms with van der Waals surface area (Å²) < 4.78 is 0. The van der Waals surface area contributed by atoms with Crippen LogP contribution in [0.25, 0.3) is 11.3 Å². The summed E-state index contributed by atoms with van der Waals surface area (Å²) in [5.74, 6) is 0. The fraction of sp³-hybridized carbons (Fsp3) is 0.375. The molecule has 0 saturated heterocycles. The Bertz CT molecular complexity index is 433. The minimum atomic E-state index is 0.935. The third-order valence-corrected chi connectivity index (χ3v) is 2.10. The van der Waals surface area contributed by atoms with Gasteiger partial charge in [0.15, 0.2) is 0 Å². The zero-order valence-corrected chi connectivity index (χ0v) is 12.4. The molecule has 0 radical (unpaired) electrons. The summed E-state index contributed by atoms with van der Waals surface area (Å²) in [6, 6.07) is 8.30. The summed E-state index contributed by atoms with van der Waals surface area (Å²) in [7, 11) is 0. The number of benzene rings is 1. The number of nitrogens with zero attached hydrogens (tertiary/aromatic N) is 2. The third-order valence-electron chi connectivity index (χ3n) is 2.10. The molecule has 1 aromatic carbocycles. The molecule has 0 aliphatic rings. The normalized spacial score (nSPS) is 8.56. The van der Waals surface area contributed by atoms with Gasteiger partial charge >= 0.3 is 0 Å². The van der Waals surface area contributed by atoms with Crippen LogP contribution in [0.1, 0.15) is 39.0 Å². The molecule has 0 aliphatic carbocycles. The van der Waals surface area contributed by atoms with Crippen LogP contribution in [-0.2, 0) is 0 Å². The zero-order chi connectivity index (χ0) is 14.0. The van der Waals surface area contributed by atoms with Gasteiger partial charge in [0.2, 0.25) is 0 Å². The maximum atomic E-state index is 4.41. The van der Waals surface area contributed by atoms with E-state index >= 15 is 0 Å². The van der Waals surface area contributed by atoms with E-state index in [1.165, 1.54) is 5.56 Å². The smallest absolute Gasteiger partial charge is 0.0888 e. The van der Waals surface area contributed by atoms with Crippen molar-refractivity contribution in [3.63, 3.8) is 0 Å². The molecule has 2 aromatic rings. The minimum Gasteiger partial charge on any atom is -0.261 e. The van der Waals surface area contributed by atoms with Crippen molar-refractivity contribution in [2.45, 2.75) is 41.5 Å². The molecule has 1 heterocycles. The Balaban J connectivity index is 0.000000659. The number of hydrogen-bond acceptors (Lipinski definition) is 2. The van der Waals surface area contributed by atoms with Crippen LogP contribution in [0.5, 0.6) is 0 Å². The summed E-state index contributed by atoms with van der Waals surface area (Å²) in [5.41, 5.74) is 4.26. The molecular weight excluding hydrogens is 220 g/mol. The van der Waals surface area contributed by atoms with E-state index in [0.717, 1.165) is 17.0 Å². The Morgan fingerprint density at radius 3 is 1.83 bits per heavy atom. The Kier molecular flexibility index (Phi) is 8.46. The molecular formula is C16H24N2. The maximum Gasteiger partial charge on any atom is 0.0888 e.